The van der Waals surface area contributed by atoms with Crippen LogP contribution in [-0.4, -0.2) is 35.1 Å². The third kappa shape index (κ3) is 4.36. The van der Waals surface area contributed by atoms with Gasteiger partial charge in [0, 0.05) is 13.1 Å². The summed E-state index contributed by atoms with van der Waals surface area (Å²) >= 11 is 6.02. The van der Waals surface area contributed by atoms with Crippen LogP contribution >= 0.6 is 11.6 Å². The topological polar surface area (TPSA) is 69.6 Å². The van der Waals surface area contributed by atoms with Gasteiger partial charge >= 0.3 is 12.0 Å². The van der Waals surface area contributed by atoms with E-state index in [1.807, 2.05) is 0 Å². The van der Waals surface area contributed by atoms with E-state index in [2.05, 4.69) is 5.32 Å². The molecule has 0 radical (unpaired) electrons. The van der Waals surface area contributed by atoms with Gasteiger partial charge in [-0.1, -0.05) is 30.9 Å². The van der Waals surface area contributed by atoms with Crippen LogP contribution in [0.1, 0.15) is 42.5 Å². The van der Waals surface area contributed by atoms with Gasteiger partial charge in [-0.3, -0.25) is 0 Å². The second-order valence-corrected chi connectivity index (χ2v) is 5.59. The summed E-state index contributed by atoms with van der Waals surface area (Å²) in [7, 11) is 0. The molecule has 0 saturated carbocycles. The summed E-state index contributed by atoms with van der Waals surface area (Å²) in [5, 5.41) is 12.0. The Bertz CT molecular complexity index is 526. The predicted octanol–water partition coefficient (Wildman–Crippen LogP) is 3.84. The average molecular weight is 311 g/mol. The van der Waals surface area contributed by atoms with Crippen molar-refractivity contribution in [1.82, 2.24) is 4.90 Å². The molecule has 0 aliphatic carbocycles. The molecule has 2 rings (SSSR count). The first kappa shape index (κ1) is 15.6. The Morgan fingerprint density at radius 2 is 1.71 bits per heavy atom. The maximum absolute atomic E-state index is 12.3. The van der Waals surface area contributed by atoms with E-state index < -0.39 is 5.97 Å². The molecule has 1 aliphatic heterocycles. The lowest BCUT2D eigenvalue weighted by atomic mass is 10.1. The van der Waals surface area contributed by atoms with Gasteiger partial charge in [0.15, 0.2) is 0 Å². The number of nitrogens with zero attached hydrogens (tertiary/aromatic N) is 1. The van der Waals surface area contributed by atoms with Gasteiger partial charge in [0.1, 0.15) is 0 Å². The number of aromatic carboxylic acids is 1. The first-order valence-electron chi connectivity index (χ1n) is 7.16. The molecule has 1 aliphatic rings. The van der Waals surface area contributed by atoms with Crippen LogP contribution in [0.25, 0.3) is 0 Å². The first-order chi connectivity index (χ1) is 10.1. The Kier molecular flexibility index (Phi) is 5.44. The van der Waals surface area contributed by atoms with Gasteiger partial charge in [-0.05, 0) is 31.0 Å². The minimum absolute atomic E-state index is 0.0994. The number of halogens is 1. The van der Waals surface area contributed by atoms with Crippen molar-refractivity contribution in [2.24, 2.45) is 0 Å². The lowest BCUT2D eigenvalue weighted by Crippen LogP contribution is -2.37. The van der Waals surface area contributed by atoms with Crippen molar-refractivity contribution in [1.29, 1.82) is 0 Å². The van der Waals surface area contributed by atoms with Gasteiger partial charge < -0.3 is 15.3 Å². The van der Waals surface area contributed by atoms with Gasteiger partial charge in [0.25, 0.3) is 0 Å². The third-order valence-electron chi connectivity index (χ3n) is 3.60. The fourth-order valence-corrected chi connectivity index (χ4v) is 2.56. The molecule has 6 heteroatoms. The second kappa shape index (κ2) is 7.31. The van der Waals surface area contributed by atoms with Gasteiger partial charge in [0.05, 0.1) is 16.3 Å². The number of carbonyl (C=O) groups is 2. The van der Waals surface area contributed by atoms with Crippen LogP contribution < -0.4 is 5.32 Å². The Hall–Kier alpha value is -1.75. The van der Waals surface area contributed by atoms with E-state index in [1.54, 1.807) is 4.90 Å². The number of carbonyl (C=O) groups excluding carboxylic acids is 1. The molecular weight excluding hydrogens is 292 g/mol. The average Bonchev–Trinajstić information content (AvgIpc) is 2.40. The highest BCUT2D eigenvalue weighted by Crippen LogP contribution is 2.24. The molecule has 1 aromatic carbocycles. The Morgan fingerprint density at radius 3 is 2.33 bits per heavy atom. The summed E-state index contributed by atoms with van der Waals surface area (Å²) in [5.74, 6) is -1.05. The summed E-state index contributed by atoms with van der Waals surface area (Å²) < 4.78 is 0. The third-order valence-corrected chi connectivity index (χ3v) is 3.93. The highest BCUT2D eigenvalue weighted by atomic mass is 35.5. The van der Waals surface area contributed by atoms with E-state index in [0.717, 1.165) is 38.8 Å². The maximum atomic E-state index is 12.3. The van der Waals surface area contributed by atoms with Crippen LogP contribution in [0.15, 0.2) is 18.2 Å². The van der Waals surface area contributed by atoms with Crippen LogP contribution in [0.4, 0.5) is 10.5 Å². The van der Waals surface area contributed by atoms with Crippen molar-refractivity contribution in [3.05, 3.63) is 28.8 Å². The quantitative estimate of drug-likeness (QED) is 0.872. The van der Waals surface area contributed by atoms with E-state index in [9.17, 15) is 9.59 Å². The van der Waals surface area contributed by atoms with Crippen LogP contribution in [0.3, 0.4) is 0 Å². The summed E-state index contributed by atoms with van der Waals surface area (Å²) in [6.45, 7) is 1.45. The summed E-state index contributed by atoms with van der Waals surface area (Å²) in [6.07, 6.45) is 5.49. The van der Waals surface area contributed by atoms with Gasteiger partial charge in [-0.15, -0.1) is 0 Å². The van der Waals surface area contributed by atoms with E-state index in [-0.39, 0.29) is 11.6 Å². The Balaban J connectivity index is 2.07. The fraction of sp³-hybridized carbons (Fsp3) is 0.467. The van der Waals surface area contributed by atoms with Crippen molar-refractivity contribution in [3.8, 4) is 0 Å². The molecule has 1 saturated heterocycles. The molecular formula is C15H19ClN2O3. The number of rotatable bonds is 2. The highest BCUT2D eigenvalue weighted by molar-refractivity contribution is 6.33. The lowest BCUT2D eigenvalue weighted by molar-refractivity contribution is 0.0697. The molecule has 1 aromatic rings. The van der Waals surface area contributed by atoms with Gasteiger partial charge in [0.2, 0.25) is 0 Å². The maximum Gasteiger partial charge on any atom is 0.335 e. The highest BCUT2D eigenvalue weighted by Gasteiger charge is 2.16. The van der Waals surface area contributed by atoms with Crippen molar-refractivity contribution in [2.45, 2.75) is 32.1 Å². The molecule has 21 heavy (non-hydrogen) atoms. The molecule has 0 spiro atoms. The summed E-state index contributed by atoms with van der Waals surface area (Å²) in [6, 6.07) is 4.05. The zero-order chi connectivity index (χ0) is 15.2. The molecule has 114 valence electrons. The Labute approximate surface area is 128 Å². The van der Waals surface area contributed by atoms with Crippen LogP contribution in [-0.2, 0) is 0 Å². The molecule has 0 aromatic heterocycles. The second-order valence-electron chi connectivity index (χ2n) is 5.18. The van der Waals surface area contributed by atoms with Crippen molar-refractivity contribution in [3.63, 3.8) is 0 Å². The number of hydrogen-bond acceptors (Lipinski definition) is 2. The van der Waals surface area contributed by atoms with E-state index >= 15 is 0 Å². The normalized spacial score (nSPS) is 16.0. The molecule has 0 atom stereocenters. The fourth-order valence-electron chi connectivity index (χ4n) is 2.40. The molecule has 1 heterocycles. The van der Waals surface area contributed by atoms with E-state index in [1.165, 1.54) is 24.6 Å². The van der Waals surface area contributed by atoms with Crippen LogP contribution in [0.5, 0.6) is 0 Å². The van der Waals surface area contributed by atoms with Gasteiger partial charge in [-0.2, -0.15) is 0 Å². The molecule has 1 fully saturated rings. The first-order valence-corrected chi connectivity index (χ1v) is 7.54. The number of benzene rings is 1. The van der Waals surface area contributed by atoms with Crippen molar-refractivity contribution in [2.75, 3.05) is 18.4 Å². The van der Waals surface area contributed by atoms with E-state index in [4.69, 9.17) is 16.7 Å². The number of nitrogens with one attached hydrogen (secondary N) is 1. The summed E-state index contributed by atoms with van der Waals surface area (Å²) in [5.41, 5.74) is 0.436. The van der Waals surface area contributed by atoms with E-state index in [0.29, 0.717) is 10.7 Å². The number of hydrogen-bond donors (Lipinski definition) is 2. The molecule has 2 N–H and O–H groups in total. The van der Waals surface area contributed by atoms with Crippen LogP contribution in [0, 0.1) is 0 Å². The summed E-state index contributed by atoms with van der Waals surface area (Å²) in [4.78, 5) is 25.0. The van der Waals surface area contributed by atoms with Gasteiger partial charge in [-0.25, -0.2) is 9.59 Å². The number of carboxylic acids is 1. The Morgan fingerprint density at radius 1 is 1.10 bits per heavy atom. The van der Waals surface area contributed by atoms with Crippen molar-refractivity contribution >= 4 is 29.3 Å². The zero-order valence-electron chi connectivity index (χ0n) is 11.8. The molecule has 5 nitrogen and oxygen atoms in total. The standard InChI is InChI=1S/C15H19ClN2O3/c16-12-7-6-11(14(19)20)10-13(12)17-15(21)18-8-4-2-1-3-5-9-18/h6-7,10H,1-5,8-9H2,(H,17,21)(H,19,20). The number of anilines is 1. The number of amides is 2. The largest absolute Gasteiger partial charge is 0.478 e. The predicted molar refractivity (Wildman–Crippen MR) is 82.1 cm³/mol. The van der Waals surface area contributed by atoms with Crippen molar-refractivity contribution < 1.29 is 14.7 Å². The lowest BCUT2D eigenvalue weighted by Gasteiger charge is -2.25. The molecule has 0 bridgehead atoms. The molecule has 2 amide bonds. The minimum atomic E-state index is -1.05. The monoisotopic (exact) mass is 310 g/mol. The SMILES string of the molecule is O=C(O)c1ccc(Cl)c(NC(=O)N2CCCCCCC2)c1. The molecule has 0 unspecified atom stereocenters. The number of urea groups is 1. The van der Waals surface area contributed by atoms with Crippen LogP contribution in [0.2, 0.25) is 5.02 Å². The number of likely N-dealkylation sites (tertiary alicyclic amines) is 1. The smallest absolute Gasteiger partial charge is 0.335 e. The minimum Gasteiger partial charge on any atom is -0.478 e. The number of carboxylic acid groups (broad SMARTS) is 1. The zero-order valence-corrected chi connectivity index (χ0v) is 12.5.